The fourth-order valence-corrected chi connectivity index (χ4v) is 7.31. The number of aromatic nitrogens is 2. The molecule has 272 valence electrons. The van der Waals surface area contributed by atoms with Crippen molar-refractivity contribution in [2.24, 2.45) is 0 Å². The Bertz CT molecular complexity index is 1920. The number of amides is 2. The minimum atomic E-state index is -1.92. The molecule has 0 bridgehead atoms. The summed E-state index contributed by atoms with van der Waals surface area (Å²) in [5.41, 5.74) is 4.37. The number of carbonyl (C=O) groups excluding carboxylic acids is 3. The van der Waals surface area contributed by atoms with Gasteiger partial charge in [0.1, 0.15) is 12.4 Å². The lowest BCUT2D eigenvalue weighted by molar-refractivity contribution is -0.172. The molecule has 1 atom stereocenters. The Morgan fingerprint density at radius 3 is 2.59 bits per heavy atom. The number of ether oxygens (including phenoxy) is 2. The third-order valence-corrected chi connectivity index (χ3v) is 10.3. The second kappa shape index (κ2) is 15.3. The predicted molar refractivity (Wildman–Crippen MR) is 188 cm³/mol. The number of esters is 1. The fourth-order valence-electron chi connectivity index (χ4n) is 7.31. The van der Waals surface area contributed by atoms with Crippen molar-refractivity contribution in [3.63, 3.8) is 0 Å². The number of aliphatic hydroxyl groups is 1. The van der Waals surface area contributed by atoms with Gasteiger partial charge in [-0.25, -0.2) is 20.1 Å². The van der Waals surface area contributed by atoms with Gasteiger partial charge in [-0.15, -0.1) is 6.58 Å². The molecule has 0 radical (unpaired) electrons. The molecule has 1 aromatic carbocycles. The number of likely N-dealkylation sites (N-methyl/N-ethyl adjacent to an activating group) is 1. The molecule has 5 heterocycles. The van der Waals surface area contributed by atoms with E-state index in [0.29, 0.717) is 55.0 Å². The van der Waals surface area contributed by atoms with Crippen molar-refractivity contribution >= 4 is 28.9 Å². The van der Waals surface area contributed by atoms with Crippen LogP contribution in [0.15, 0.2) is 35.6 Å². The molecule has 2 aromatic heterocycles. The molecule has 0 spiro atoms. The number of hydroxylamine groups is 1. The van der Waals surface area contributed by atoms with Gasteiger partial charge >= 0.3 is 12.1 Å². The molecule has 14 heteroatoms. The Balaban J connectivity index is 1.36. The summed E-state index contributed by atoms with van der Waals surface area (Å²) >= 11 is 0. The van der Waals surface area contributed by atoms with E-state index in [9.17, 15) is 24.3 Å². The Morgan fingerprint density at radius 2 is 1.86 bits per heavy atom. The molecule has 4 N–H and O–H groups in total. The molecule has 3 aliphatic rings. The van der Waals surface area contributed by atoms with E-state index in [1.165, 1.54) is 0 Å². The standard InChI is InChI=1S/C37H46N6O8/c1-4-10-23-30(51-36(47)38-14-9-7-6-8-11-31(44)40-49)13-12-28-32(23)24(20-42-17-15-41(3)16-18-42)25-21-43-29(33(25)39-28)19-27-26(34(43)45)22-50-35(46)37(27,48)5-2/h4,12-13,19,48-49H,1,5-11,14-18,20-22H2,2-3H3,(H,38,47)(H,40,44). The first-order valence-corrected chi connectivity index (χ1v) is 17.6. The van der Waals surface area contributed by atoms with E-state index in [0.717, 1.165) is 61.1 Å². The summed E-state index contributed by atoms with van der Waals surface area (Å²) in [5, 5.41) is 23.6. The van der Waals surface area contributed by atoms with Crippen molar-refractivity contribution in [1.29, 1.82) is 0 Å². The number of benzene rings is 1. The molecule has 6 rings (SSSR count). The lowest BCUT2D eigenvalue weighted by Crippen LogP contribution is -2.44. The van der Waals surface area contributed by atoms with E-state index in [2.05, 4.69) is 28.7 Å². The summed E-state index contributed by atoms with van der Waals surface area (Å²) in [5.74, 6) is -0.787. The van der Waals surface area contributed by atoms with Gasteiger partial charge in [0.2, 0.25) is 5.91 Å². The number of nitrogens with one attached hydrogen (secondary N) is 2. The molecular formula is C37H46N6O8. The fraction of sp³-hybridized carbons (Fsp3) is 0.486. The summed E-state index contributed by atoms with van der Waals surface area (Å²) in [4.78, 5) is 60.6. The van der Waals surface area contributed by atoms with Crippen molar-refractivity contribution in [3.05, 3.63) is 69.0 Å². The highest BCUT2D eigenvalue weighted by Gasteiger charge is 2.45. The van der Waals surface area contributed by atoms with Gasteiger partial charge in [0, 0.05) is 67.8 Å². The Morgan fingerprint density at radius 1 is 1.10 bits per heavy atom. The molecule has 3 aliphatic heterocycles. The van der Waals surface area contributed by atoms with Gasteiger partial charge in [0.15, 0.2) is 5.60 Å². The predicted octanol–water partition coefficient (Wildman–Crippen LogP) is 3.10. The Labute approximate surface area is 296 Å². The monoisotopic (exact) mass is 702 g/mol. The third-order valence-electron chi connectivity index (χ3n) is 10.3. The molecule has 14 nitrogen and oxygen atoms in total. The zero-order valence-corrected chi connectivity index (χ0v) is 29.3. The number of pyridine rings is 2. The molecule has 51 heavy (non-hydrogen) atoms. The number of allylic oxidation sites excluding steroid dienone is 1. The maximum absolute atomic E-state index is 14.0. The van der Waals surface area contributed by atoms with Crippen LogP contribution < -0.4 is 21.1 Å². The van der Waals surface area contributed by atoms with Crippen LogP contribution in [0, 0.1) is 0 Å². The average molecular weight is 703 g/mol. The van der Waals surface area contributed by atoms with Crippen LogP contribution in [0.1, 0.15) is 73.3 Å². The normalized spacial score (nSPS) is 18.5. The van der Waals surface area contributed by atoms with Gasteiger partial charge in [-0.2, -0.15) is 0 Å². The highest BCUT2D eigenvalue weighted by molar-refractivity contribution is 5.93. The molecule has 1 fully saturated rings. The van der Waals surface area contributed by atoms with Crippen molar-refractivity contribution in [2.45, 2.75) is 77.2 Å². The minimum Gasteiger partial charge on any atom is -0.458 e. The van der Waals surface area contributed by atoms with Gasteiger partial charge in [0.05, 0.1) is 29.0 Å². The van der Waals surface area contributed by atoms with Crippen molar-refractivity contribution < 1.29 is 34.2 Å². The summed E-state index contributed by atoms with van der Waals surface area (Å²) < 4.78 is 12.8. The number of cyclic esters (lactones) is 1. The zero-order chi connectivity index (χ0) is 36.3. The van der Waals surface area contributed by atoms with Crippen LogP contribution in [0.25, 0.3) is 22.3 Å². The number of unbranched alkanes of at least 4 members (excludes halogenated alkanes) is 3. The molecule has 1 saturated heterocycles. The lowest BCUT2D eigenvalue weighted by Gasteiger charge is -2.33. The number of fused-ring (bicyclic) bond motifs is 5. The van der Waals surface area contributed by atoms with E-state index < -0.39 is 23.6 Å². The highest BCUT2D eigenvalue weighted by Crippen LogP contribution is 2.42. The van der Waals surface area contributed by atoms with Crippen LogP contribution in [0.4, 0.5) is 4.79 Å². The van der Waals surface area contributed by atoms with E-state index in [1.54, 1.807) is 35.2 Å². The Kier molecular flexibility index (Phi) is 10.9. The largest absolute Gasteiger partial charge is 0.458 e. The summed E-state index contributed by atoms with van der Waals surface area (Å²) in [6, 6.07) is 5.27. The van der Waals surface area contributed by atoms with E-state index >= 15 is 0 Å². The van der Waals surface area contributed by atoms with Crippen LogP contribution in [0.2, 0.25) is 0 Å². The number of nitrogens with zero attached hydrogens (tertiary/aromatic N) is 4. The van der Waals surface area contributed by atoms with Crippen molar-refractivity contribution in [3.8, 4) is 17.1 Å². The maximum atomic E-state index is 14.0. The highest BCUT2D eigenvalue weighted by atomic mass is 16.6. The van der Waals surface area contributed by atoms with Gasteiger partial charge < -0.3 is 29.4 Å². The molecule has 2 amide bonds. The SMILES string of the molecule is C=CCc1c(OC(=O)NCCCCCCC(=O)NO)ccc2nc3c(c(CN4CCN(C)CC4)c12)Cn1c-3cc2c(c1=O)COC(=O)C2(O)CC. The van der Waals surface area contributed by atoms with Crippen LogP contribution in [0.3, 0.4) is 0 Å². The zero-order valence-electron chi connectivity index (χ0n) is 29.3. The van der Waals surface area contributed by atoms with Crippen molar-refractivity contribution in [2.75, 3.05) is 39.8 Å². The Hall–Kier alpha value is -4.63. The maximum Gasteiger partial charge on any atom is 0.412 e. The smallest absolute Gasteiger partial charge is 0.412 e. The van der Waals surface area contributed by atoms with Gasteiger partial charge in [0.25, 0.3) is 5.56 Å². The van der Waals surface area contributed by atoms with Crippen LogP contribution in [0.5, 0.6) is 5.75 Å². The second-order valence-corrected chi connectivity index (χ2v) is 13.5. The van der Waals surface area contributed by atoms with E-state index in [1.807, 2.05) is 6.07 Å². The topological polar surface area (TPSA) is 176 Å². The quantitative estimate of drug-likeness (QED) is 0.0530. The number of hydrogen-bond donors (Lipinski definition) is 4. The second-order valence-electron chi connectivity index (χ2n) is 13.5. The van der Waals surface area contributed by atoms with E-state index in [-0.39, 0.29) is 42.7 Å². The summed E-state index contributed by atoms with van der Waals surface area (Å²) in [6.45, 7) is 10.2. The first-order valence-electron chi connectivity index (χ1n) is 17.6. The number of carbonyl (C=O) groups is 3. The van der Waals surface area contributed by atoms with Gasteiger partial charge in [-0.05, 0) is 56.5 Å². The summed E-state index contributed by atoms with van der Waals surface area (Å²) in [7, 11) is 2.10. The van der Waals surface area contributed by atoms with Gasteiger partial charge in [-0.3, -0.25) is 19.7 Å². The molecular weight excluding hydrogens is 656 g/mol. The third kappa shape index (κ3) is 7.13. The summed E-state index contributed by atoms with van der Waals surface area (Å²) in [6.07, 6.45) is 4.83. The molecule has 1 unspecified atom stereocenters. The van der Waals surface area contributed by atoms with Crippen LogP contribution >= 0.6 is 0 Å². The van der Waals surface area contributed by atoms with Gasteiger partial charge in [-0.1, -0.05) is 25.8 Å². The van der Waals surface area contributed by atoms with Crippen LogP contribution in [-0.4, -0.2) is 87.4 Å². The molecule has 0 aliphatic carbocycles. The molecule has 0 saturated carbocycles. The first-order chi connectivity index (χ1) is 24.6. The number of hydrogen-bond acceptors (Lipinski definition) is 11. The van der Waals surface area contributed by atoms with Crippen molar-refractivity contribution in [1.82, 2.24) is 30.1 Å². The van der Waals surface area contributed by atoms with Crippen LogP contribution in [-0.2, 0) is 46.0 Å². The van der Waals surface area contributed by atoms with E-state index in [4.69, 9.17) is 19.7 Å². The number of rotatable bonds is 13. The molecule has 3 aromatic rings. The number of piperazine rings is 1. The minimum absolute atomic E-state index is 0.0567. The average Bonchev–Trinajstić information content (AvgIpc) is 3.50. The lowest BCUT2D eigenvalue weighted by atomic mass is 9.86. The first kappa shape index (κ1) is 36.2.